The summed E-state index contributed by atoms with van der Waals surface area (Å²) in [6.07, 6.45) is -4.81. The third-order valence-corrected chi connectivity index (χ3v) is 5.09. The maximum atomic E-state index is 13.3. The van der Waals surface area contributed by atoms with Crippen molar-refractivity contribution in [1.82, 2.24) is 4.90 Å². The van der Waals surface area contributed by atoms with E-state index in [0.717, 1.165) is 22.6 Å². The van der Waals surface area contributed by atoms with Crippen molar-refractivity contribution in [3.05, 3.63) is 95.7 Å². The summed E-state index contributed by atoms with van der Waals surface area (Å²) >= 11 is 0. The number of anilines is 1. The Kier molecular flexibility index (Phi) is 6.27. The number of methoxy groups -OCH3 is 1. The summed E-state index contributed by atoms with van der Waals surface area (Å²) in [5.41, 5.74) is 1.80. The highest BCUT2D eigenvalue weighted by Crippen LogP contribution is 2.32. The topological polar surface area (TPSA) is 67.9 Å². The van der Waals surface area contributed by atoms with Gasteiger partial charge in [0.25, 0.3) is 11.8 Å². The molecule has 1 N–H and O–H groups in total. The lowest BCUT2D eigenvalue weighted by molar-refractivity contribution is -0.274. The van der Waals surface area contributed by atoms with Gasteiger partial charge in [-0.25, -0.2) is 0 Å². The molecule has 0 aliphatic carbocycles. The molecule has 0 fully saturated rings. The minimum atomic E-state index is -4.81. The predicted molar refractivity (Wildman–Crippen MR) is 119 cm³/mol. The molecule has 0 aromatic heterocycles. The van der Waals surface area contributed by atoms with E-state index in [2.05, 4.69) is 10.1 Å². The van der Waals surface area contributed by atoms with Crippen molar-refractivity contribution in [3.8, 4) is 11.5 Å². The van der Waals surface area contributed by atoms with E-state index in [9.17, 15) is 22.8 Å². The Hall–Kier alpha value is -4.27. The molecular formula is C25H19F3N2O4. The Balaban J connectivity index is 1.63. The van der Waals surface area contributed by atoms with E-state index < -0.39 is 23.9 Å². The number of halogens is 3. The molecule has 0 atom stereocenters. The van der Waals surface area contributed by atoms with Crippen LogP contribution in [0.2, 0.25) is 0 Å². The SMILES string of the molecule is COc1ccc(CN2C(=O)C(Nc3ccc(OC(F)(F)F)cc3)=C(c3ccccc3)C2=O)cc1. The number of amides is 2. The zero-order valence-electron chi connectivity index (χ0n) is 17.9. The number of carbonyl (C=O) groups is 2. The molecule has 1 aliphatic heterocycles. The number of imide groups is 1. The number of alkyl halides is 3. The van der Waals surface area contributed by atoms with Gasteiger partial charge in [-0.05, 0) is 47.5 Å². The summed E-state index contributed by atoms with van der Waals surface area (Å²) in [4.78, 5) is 27.7. The highest BCUT2D eigenvalue weighted by atomic mass is 19.4. The molecule has 3 aromatic rings. The number of benzene rings is 3. The summed E-state index contributed by atoms with van der Waals surface area (Å²) in [5.74, 6) is -0.779. The standard InChI is InChI=1S/C25H19F3N2O4/c1-33-19-11-7-16(8-12-19)15-30-23(31)21(17-5-3-2-4-6-17)22(24(30)32)29-18-9-13-20(14-10-18)34-25(26,27)28/h2-14,29H,15H2,1H3. The first-order valence-corrected chi connectivity index (χ1v) is 10.2. The van der Waals surface area contributed by atoms with Crippen LogP contribution in [0.5, 0.6) is 11.5 Å². The molecule has 9 heteroatoms. The highest BCUT2D eigenvalue weighted by Gasteiger charge is 2.39. The molecule has 0 saturated heterocycles. The molecule has 0 unspecified atom stereocenters. The van der Waals surface area contributed by atoms with Gasteiger partial charge < -0.3 is 14.8 Å². The molecule has 174 valence electrons. The second-order valence-electron chi connectivity index (χ2n) is 7.36. The average molecular weight is 468 g/mol. The Morgan fingerprint density at radius 3 is 2.03 bits per heavy atom. The number of ether oxygens (including phenoxy) is 2. The molecule has 4 rings (SSSR count). The van der Waals surface area contributed by atoms with Crippen LogP contribution >= 0.6 is 0 Å². The minimum absolute atomic E-state index is 0.0363. The van der Waals surface area contributed by atoms with Crippen LogP contribution in [-0.2, 0) is 16.1 Å². The smallest absolute Gasteiger partial charge is 0.497 e. The van der Waals surface area contributed by atoms with Gasteiger partial charge in [-0.3, -0.25) is 14.5 Å². The van der Waals surface area contributed by atoms with E-state index in [1.807, 2.05) is 0 Å². The summed E-state index contributed by atoms with van der Waals surface area (Å²) < 4.78 is 46.3. The fraction of sp³-hybridized carbons (Fsp3) is 0.120. The Labute approximate surface area is 193 Å². The second-order valence-corrected chi connectivity index (χ2v) is 7.36. The van der Waals surface area contributed by atoms with Crippen LogP contribution in [0.4, 0.5) is 18.9 Å². The van der Waals surface area contributed by atoms with E-state index >= 15 is 0 Å². The molecule has 0 spiro atoms. The summed E-state index contributed by atoms with van der Waals surface area (Å²) in [6, 6.07) is 20.6. The first kappa shape index (κ1) is 22.9. The van der Waals surface area contributed by atoms with Gasteiger partial charge in [-0.2, -0.15) is 0 Å². The maximum Gasteiger partial charge on any atom is 0.573 e. The van der Waals surface area contributed by atoms with Crippen molar-refractivity contribution in [1.29, 1.82) is 0 Å². The van der Waals surface area contributed by atoms with Crippen molar-refractivity contribution in [2.24, 2.45) is 0 Å². The third-order valence-electron chi connectivity index (χ3n) is 5.09. The fourth-order valence-corrected chi connectivity index (χ4v) is 3.51. The van der Waals surface area contributed by atoms with Gasteiger partial charge in [0, 0.05) is 5.69 Å². The van der Waals surface area contributed by atoms with Gasteiger partial charge in [0.15, 0.2) is 0 Å². The lowest BCUT2D eigenvalue weighted by atomic mass is 10.0. The largest absolute Gasteiger partial charge is 0.573 e. The summed E-state index contributed by atoms with van der Waals surface area (Å²) in [5, 5.41) is 2.90. The van der Waals surface area contributed by atoms with Gasteiger partial charge in [0.05, 0.1) is 19.2 Å². The fourth-order valence-electron chi connectivity index (χ4n) is 3.51. The van der Waals surface area contributed by atoms with Crippen molar-refractivity contribution >= 4 is 23.1 Å². The number of rotatable bonds is 7. The average Bonchev–Trinajstić information content (AvgIpc) is 3.04. The molecule has 0 radical (unpaired) electrons. The lowest BCUT2D eigenvalue weighted by Crippen LogP contribution is -2.32. The van der Waals surface area contributed by atoms with Crippen molar-refractivity contribution in [2.75, 3.05) is 12.4 Å². The molecule has 2 amide bonds. The number of hydrogen-bond acceptors (Lipinski definition) is 5. The Morgan fingerprint density at radius 2 is 1.44 bits per heavy atom. The second kappa shape index (κ2) is 9.30. The maximum absolute atomic E-state index is 13.3. The van der Waals surface area contributed by atoms with Crippen molar-refractivity contribution in [2.45, 2.75) is 12.9 Å². The zero-order chi connectivity index (χ0) is 24.3. The molecule has 1 aliphatic rings. The van der Waals surface area contributed by atoms with E-state index in [1.54, 1.807) is 54.6 Å². The number of nitrogens with one attached hydrogen (secondary N) is 1. The van der Waals surface area contributed by atoms with Gasteiger partial charge in [0.1, 0.15) is 17.2 Å². The van der Waals surface area contributed by atoms with Crippen molar-refractivity contribution < 1.29 is 32.2 Å². The Morgan fingerprint density at radius 1 is 0.824 bits per heavy atom. The molecule has 1 heterocycles. The molecular weight excluding hydrogens is 449 g/mol. The van der Waals surface area contributed by atoms with Gasteiger partial charge in [-0.15, -0.1) is 13.2 Å². The van der Waals surface area contributed by atoms with Crippen LogP contribution in [-0.4, -0.2) is 30.2 Å². The third kappa shape index (κ3) is 5.03. The first-order chi connectivity index (χ1) is 16.2. The normalized spacial score (nSPS) is 13.9. The minimum Gasteiger partial charge on any atom is -0.497 e. The van der Waals surface area contributed by atoms with E-state index in [4.69, 9.17) is 4.74 Å². The van der Waals surface area contributed by atoms with E-state index in [-0.39, 0.29) is 17.8 Å². The van der Waals surface area contributed by atoms with Crippen LogP contribution < -0.4 is 14.8 Å². The summed E-state index contributed by atoms with van der Waals surface area (Å²) in [6.45, 7) is 0.0432. The molecule has 0 saturated carbocycles. The van der Waals surface area contributed by atoms with Crippen molar-refractivity contribution in [3.63, 3.8) is 0 Å². The van der Waals surface area contributed by atoms with Gasteiger partial charge in [0.2, 0.25) is 0 Å². The van der Waals surface area contributed by atoms with E-state index in [0.29, 0.717) is 17.0 Å². The predicted octanol–water partition coefficient (Wildman–Crippen LogP) is 4.99. The molecule has 0 bridgehead atoms. The van der Waals surface area contributed by atoms with Crippen LogP contribution in [0.15, 0.2) is 84.6 Å². The molecule has 34 heavy (non-hydrogen) atoms. The number of nitrogens with zero attached hydrogens (tertiary/aromatic N) is 1. The summed E-state index contributed by atoms with van der Waals surface area (Å²) in [7, 11) is 1.54. The van der Waals surface area contributed by atoms with Gasteiger partial charge >= 0.3 is 6.36 Å². The highest BCUT2D eigenvalue weighted by molar-refractivity contribution is 6.36. The zero-order valence-corrected chi connectivity index (χ0v) is 17.9. The molecule has 3 aromatic carbocycles. The quantitative estimate of drug-likeness (QED) is 0.495. The van der Waals surface area contributed by atoms with Crippen LogP contribution in [0.3, 0.4) is 0 Å². The number of hydrogen-bond donors (Lipinski definition) is 1. The monoisotopic (exact) mass is 468 g/mol. The first-order valence-electron chi connectivity index (χ1n) is 10.2. The van der Waals surface area contributed by atoms with Crippen LogP contribution in [0, 0.1) is 0 Å². The molecule has 6 nitrogen and oxygen atoms in total. The Bertz CT molecular complexity index is 1220. The van der Waals surface area contributed by atoms with E-state index in [1.165, 1.54) is 19.2 Å². The van der Waals surface area contributed by atoms with Crippen LogP contribution in [0.25, 0.3) is 5.57 Å². The lowest BCUT2D eigenvalue weighted by Gasteiger charge is -2.16. The van der Waals surface area contributed by atoms with Crippen LogP contribution in [0.1, 0.15) is 11.1 Å². The van der Waals surface area contributed by atoms with Gasteiger partial charge in [-0.1, -0.05) is 42.5 Å². The number of carbonyl (C=O) groups excluding carboxylic acids is 2.